The highest BCUT2D eigenvalue weighted by molar-refractivity contribution is 5.51. The molecule has 18 heavy (non-hydrogen) atoms. The molecule has 0 aromatic heterocycles. The van der Waals surface area contributed by atoms with Crippen LogP contribution in [0.4, 0.5) is 5.69 Å². The van der Waals surface area contributed by atoms with Gasteiger partial charge in [0.15, 0.2) is 5.75 Å². The van der Waals surface area contributed by atoms with Gasteiger partial charge < -0.3 is 4.74 Å². The number of hydrogen-bond acceptors (Lipinski definition) is 4. The van der Waals surface area contributed by atoms with Gasteiger partial charge in [-0.3, -0.25) is 10.1 Å². The predicted octanol–water partition coefficient (Wildman–Crippen LogP) is 3.28. The zero-order valence-electron chi connectivity index (χ0n) is 10.8. The lowest BCUT2D eigenvalue weighted by atomic mass is 9.93. The first-order valence-corrected chi connectivity index (χ1v) is 5.65. The van der Waals surface area contributed by atoms with Gasteiger partial charge in [-0.15, -0.1) is 0 Å². The smallest absolute Gasteiger partial charge is 0.312 e. The van der Waals surface area contributed by atoms with Gasteiger partial charge in [0.2, 0.25) is 0 Å². The monoisotopic (exact) mass is 248 g/mol. The summed E-state index contributed by atoms with van der Waals surface area (Å²) in [7, 11) is 0. The number of nitriles is 1. The molecule has 1 rings (SSSR count). The molecule has 0 amide bonds. The molecule has 0 heterocycles. The zero-order valence-corrected chi connectivity index (χ0v) is 10.8. The highest BCUT2D eigenvalue weighted by Gasteiger charge is 2.17. The maximum atomic E-state index is 10.9. The van der Waals surface area contributed by atoms with Crippen LogP contribution in [-0.4, -0.2) is 11.5 Å². The van der Waals surface area contributed by atoms with Crippen molar-refractivity contribution in [1.82, 2.24) is 0 Å². The standard InChI is InChI=1S/C13H16N2O3/c1-13(2,3)6-7-18-12-5-4-10(9-14)8-11(12)15(16)17/h4-5,8H,6-7H2,1-3H3. The average molecular weight is 248 g/mol. The molecule has 5 nitrogen and oxygen atoms in total. The predicted molar refractivity (Wildman–Crippen MR) is 67.4 cm³/mol. The van der Waals surface area contributed by atoms with E-state index in [4.69, 9.17) is 10.00 Å². The molecule has 0 spiro atoms. The molecule has 0 bridgehead atoms. The Morgan fingerprint density at radius 2 is 2.11 bits per heavy atom. The summed E-state index contributed by atoms with van der Waals surface area (Å²) in [6.07, 6.45) is 0.796. The first-order chi connectivity index (χ1) is 8.33. The van der Waals surface area contributed by atoms with Crippen molar-refractivity contribution in [2.45, 2.75) is 27.2 Å². The zero-order chi connectivity index (χ0) is 13.8. The highest BCUT2D eigenvalue weighted by atomic mass is 16.6. The lowest BCUT2D eigenvalue weighted by Gasteiger charge is -2.17. The number of benzene rings is 1. The van der Waals surface area contributed by atoms with Gasteiger partial charge in [0.1, 0.15) is 0 Å². The second-order valence-electron chi connectivity index (χ2n) is 5.21. The number of nitrogens with zero attached hydrogens (tertiary/aromatic N) is 2. The molecular weight excluding hydrogens is 232 g/mol. The Labute approximate surface area is 106 Å². The van der Waals surface area contributed by atoms with Crippen LogP contribution in [0.3, 0.4) is 0 Å². The summed E-state index contributed by atoms with van der Waals surface area (Å²) in [4.78, 5) is 10.3. The van der Waals surface area contributed by atoms with E-state index in [2.05, 4.69) is 20.8 Å². The molecular formula is C13H16N2O3. The van der Waals surface area contributed by atoms with E-state index in [1.54, 1.807) is 0 Å². The van der Waals surface area contributed by atoms with E-state index in [0.29, 0.717) is 6.61 Å². The summed E-state index contributed by atoms with van der Waals surface area (Å²) < 4.78 is 5.42. The topological polar surface area (TPSA) is 76.2 Å². The van der Waals surface area contributed by atoms with Crippen molar-refractivity contribution in [2.75, 3.05) is 6.61 Å². The van der Waals surface area contributed by atoms with Gasteiger partial charge in [-0.1, -0.05) is 20.8 Å². The highest BCUT2D eigenvalue weighted by Crippen LogP contribution is 2.28. The minimum absolute atomic E-state index is 0.112. The molecule has 0 aliphatic rings. The van der Waals surface area contributed by atoms with Crippen molar-refractivity contribution in [3.05, 3.63) is 33.9 Å². The average Bonchev–Trinajstić information content (AvgIpc) is 2.27. The SMILES string of the molecule is CC(C)(C)CCOc1ccc(C#N)cc1[N+](=O)[O-]. The van der Waals surface area contributed by atoms with Gasteiger partial charge in [0, 0.05) is 6.07 Å². The number of ether oxygens (including phenoxy) is 1. The Hall–Kier alpha value is -2.09. The van der Waals surface area contributed by atoms with Crippen molar-refractivity contribution in [1.29, 1.82) is 5.26 Å². The molecule has 0 aliphatic heterocycles. The van der Waals surface area contributed by atoms with Crippen LogP contribution in [0.5, 0.6) is 5.75 Å². The third-order valence-electron chi connectivity index (χ3n) is 2.39. The molecule has 96 valence electrons. The molecule has 0 atom stereocenters. The Morgan fingerprint density at radius 3 is 2.61 bits per heavy atom. The largest absolute Gasteiger partial charge is 0.487 e. The fourth-order valence-corrected chi connectivity index (χ4v) is 1.32. The number of nitro benzene ring substituents is 1. The molecule has 1 aromatic rings. The third kappa shape index (κ3) is 4.06. The van der Waals surface area contributed by atoms with Gasteiger partial charge in [-0.2, -0.15) is 5.26 Å². The van der Waals surface area contributed by atoms with E-state index in [9.17, 15) is 10.1 Å². The molecule has 0 saturated heterocycles. The Bertz CT molecular complexity index is 484. The lowest BCUT2D eigenvalue weighted by molar-refractivity contribution is -0.385. The minimum Gasteiger partial charge on any atom is -0.487 e. The number of hydrogen-bond donors (Lipinski definition) is 0. The number of nitro groups is 1. The van der Waals surface area contributed by atoms with Crippen molar-refractivity contribution < 1.29 is 9.66 Å². The molecule has 0 N–H and O–H groups in total. The van der Waals surface area contributed by atoms with Crippen LogP contribution in [0.2, 0.25) is 0 Å². The Kier molecular flexibility index (Phi) is 4.27. The maximum absolute atomic E-state index is 10.9. The summed E-state index contributed by atoms with van der Waals surface area (Å²) >= 11 is 0. The molecule has 1 aromatic carbocycles. The van der Waals surface area contributed by atoms with Gasteiger partial charge in [0.25, 0.3) is 0 Å². The van der Waals surface area contributed by atoms with E-state index in [1.165, 1.54) is 18.2 Å². The molecule has 0 fully saturated rings. The van der Waals surface area contributed by atoms with E-state index in [0.717, 1.165) is 6.42 Å². The van der Waals surface area contributed by atoms with Crippen LogP contribution >= 0.6 is 0 Å². The van der Waals surface area contributed by atoms with Crippen LogP contribution in [0, 0.1) is 26.9 Å². The summed E-state index contributed by atoms with van der Waals surface area (Å²) in [5, 5.41) is 19.6. The van der Waals surface area contributed by atoms with E-state index >= 15 is 0 Å². The van der Waals surface area contributed by atoms with Crippen LogP contribution in [0.1, 0.15) is 32.8 Å². The van der Waals surface area contributed by atoms with Crippen molar-refractivity contribution in [3.8, 4) is 11.8 Å². The second-order valence-corrected chi connectivity index (χ2v) is 5.21. The van der Waals surface area contributed by atoms with Crippen LogP contribution in [-0.2, 0) is 0 Å². The van der Waals surface area contributed by atoms with Crippen LogP contribution in [0.25, 0.3) is 0 Å². The summed E-state index contributed by atoms with van der Waals surface area (Å²) in [5.41, 5.74) is 0.203. The normalized spacial score (nSPS) is 10.8. The Balaban J connectivity index is 2.83. The van der Waals surface area contributed by atoms with Gasteiger partial charge in [-0.05, 0) is 24.0 Å². The van der Waals surface area contributed by atoms with Crippen molar-refractivity contribution in [3.63, 3.8) is 0 Å². The molecule has 0 aliphatic carbocycles. The molecule has 0 radical (unpaired) electrons. The van der Waals surface area contributed by atoms with E-state index in [1.807, 2.05) is 6.07 Å². The van der Waals surface area contributed by atoms with Crippen LogP contribution < -0.4 is 4.74 Å². The first kappa shape index (κ1) is 14.0. The fourth-order valence-electron chi connectivity index (χ4n) is 1.32. The molecule has 0 unspecified atom stereocenters. The third-order valence-corrected chi connectivity index (χ3v) is 2.39. The van der Waals surface area contributed by atoms with Crippen molar-refractivity contribution >= 4 is 5.69 Å². The van der Waals surface area contributed by atoms with Gasteiger partial charge in [0.05, 0.1) is 23.2 Å². The van der Waals surface area contributed by atoms with E-state index in [-0.39, 0.29) is 22.4 Å². The summed E-state index contributed by atoms with van der Waals surface area (Å²) in [6, 6.07) is 6.08. The lowest BCUT2D eigenvalue weighted by Crippen LogP contribution is -2.11. The molecule has 0 saturated carbocycles. The van der Waals surface area contributed by atoms with Gasteiger partial charge >= 0.3 is 5.69 Å². The fraction of sp³-hybridized carbons (Fsp3) is 0.462. The van der Waals surface area contributed by atoms with E-state index < -0.39 is 4.92 Å². The summed E-state index contributed by atoms with van der Waals surface area (Å²) in [6.45, 7) is 6.63. The quantitative estimate of drug-likeness (QED) is 0.605. The van der Waals surface area contributed by atoms with Crippen molar-refractivity contribution in [2.24, 2.45) is 5.41 Å². The number of rotatable bonds is 4. The second kappa shape index (κ2) is 5.50. The first-order valence-electron chi connectivity index (χ1n) is 5.65. The van der Waals surface area contributed by atoms with Gasteiger partial charge in [-0.25, -0.2) is 0 Å². The minimum atomic E-state index is -0.534. The summed E-state index contributed by atoms with van der Waals surface area (Å²) in [5.74, 6) is 0.211. The Morgan fingerprint density at radius 1 is 1.44 bits per heavy atom. The molecule has 5 heteroatoms. The maximum Gasteiger partial charge on any atom is 0.312 e. The van der Waals surface area contributed by atoms with Crippen LogP contribution in [0.15, 0.2) is 18.2 Å².